The van der Waals surface area contributed by atoms with Gasteiger partial charge in [0.15, 0.2) is 0 Å². The second-order valence-corrected chi connectivity index (χ2v) is 4.87. The number of aliphatic hydroxyl groups excluding tert-OH is 1. The standard InChI is InChI=1S/C13H15N3O3/c17-6-2-5-13-14-16(19)12-8-10-4-1-3-9(10)7-11(12)15(13)18/h7-8,17H,1-6H2. The van der Waals surface area contributed by atoms with Crippen LogP contribution in [-0.4, -0.2) is 21.7 Å². The van der Waals surface area contributed by atoms with Crippen LogP contribution in [-0.2, 0) is 19.3 Å². The Bertz CT molecular complexity index is 694. The summed E-state index contributed by atoms with van der Waals surface area (Å²) in [6.45, 7) is -0.0250. The van der Waals surface area contributed by atoms with Crippen LogP contribution in [0.5, 0.6) is 0 Å². The Labute approximate surface area is 109 Å². The third-order valence-corrected chi connectivity index (χ3v) is 3.61. The molecule has 0 amide bonds. The minimum Gasteiger partial charge on any atom is -0.772 e. The summed E-state index contributed by atoms with van der Waals surface area (Å²) in [5.41, 5.74) is 2.99. The van der Waals surface area contributed by atoms with E-state index in [1.807, 2.05) is 6.07 Å². The summed E-state index contributed by atoms with van der Waals surface area (Å²) in [5.74, 6) is 0.162. The Morgan fingerprint density at radius 1 is 1.37 bits per heavy atom. The number of hydrogen-bond donors (Lipinski definition) is 1. The molecule has 0 bridgehead atoms. The lowest BCUT2D eigenvalue weighted by Gasteiger charge is -2.08. The fourth-order valence-electron chi connectivity index (χ4n) is 2.64. The second-order valence-electron chi connectivity index (χ2n) is 4.87. The summed E-state index contributed by atoms with van der Waals surface area (Å²) in [5, 5.41) is 24.5. The van der Waals surface area contributed by atoms with E-state index in [2.05, 4.69) is 5.10 Å². The molecule has 1 aromatic carbocycles. The smallest absolute Gasteiger partial charge is 0.367 e. The highest BCUT2D eigenvalue weighted by Crippen LogP contribution is 2.25. The predicted molar refractivity (Wildman–Crippen MR) is 69.3 cm³/mol. The van der Waals surface area contributed by atoms with Crippen LogP contribution in [0.3, 0.4) is 0 Å². The van der Waals surface area contributed by atoms with Crippen LogP contribution in [0.25, 0.3) is 11.0 Å². The minimum atomic E-state index is -0.0250. The number of aromatic nitrogens is 3. The van der Waals surface area contributed by atoms with Gasteiger partial charge in [-0.2, -0.15) is 4.85 Å². The zero-order valence-electron chi connectivity index (χ0n) is 10.5. The lowest BCUT2D eigenvalue weighted by atomic mass is 10.1. The first kappa shape index (κ1) is 12.1. The van der Waals surface area contributed by atoms with Crippen molar-refractivity contribution in [3.05, 3.63) is 39.2 Å². The second kappa shape index (κ2) is 4.62. The predicted octanol–water partition coefficient (Wildman–Crippen LogP) is 0.710. The Hall–Kier alpha value is -1.95. The number of aliphatic hydroxyl groups is 1. The first-order chi connectivity index (χ1) is 9.20. The van der Waals surface area contributed by atoms with Crippen LogP contribution in [0.2, 0.25) is 0 Å². The normalized spacial score (nSPS) is 13.9. The van der Waals surface area contributed by atoms with Crippen LogP contribution in [0.1, 0.15) is 29.8 Å². The largest absolute Gasteiger partial charge is 0.772 e. The van der Waals surface area contributed by atoms with Crippen molar-refractivity contribution in [3.8, 4) is 0 Å². The van der Waals surface area contributed by atoms with Gasteiger partial charge in [-0.1, -0.05) is 4.91 Å². The van der Waals surface area contributed by atoms with Crippen molar-refractivity contribution in [3.63, 3.8) is 0 Å². The fraction of sp³-hybridized carbons (Fsp3) is 0.462. The molecule has 19 heavy (non-hydrogen) atoms. The molecule has 0 spiro atoms. The van der Waals surface area contributed by atoms with Crippen LogP contribution in [0, 0.1) is 10.1 Å². The van der Waals surface area contributed by atoms with Gasteiger partial charge in [0.25, 0.3) is 0 Å². The number of nitrogens with zero attached hydrogens (tertiary/aromatic N) is 3. The highest BCUT2D eigenvalue weighted by atomic mass is 16.5. The van der Waals surface area contributed by atoms with Crippen LogP contribution < -0.4 is 4.43 Å². The molecule has 1 aliphatic rings. The Balaban J connectivity index is 2.21. The Morgan fingerprint density at radius 2 is 2.11 bits per heavy atom. The molecule has 1 aromatic heterocycles. The summed E-state index contributed by atoms with van der Waals surface area (Å²) >= 11 is 0. The topological polar surface area (TPSA) is 84.1 Å². The summed E-state index contributed by atoms with van der Waals surface area (Å²) < 4.78 is 0.720. The van der Waals surface area contributed by atoms with Gasteiger partial charge in [-0.05, 0) is 48.9 Å². The molecule has 2 aromatic rings. The lowest BCUT2D eigenvalue weighted by Crippen LogP contribution is -2.27. The van der Waals surface area contributed by atoms with E-state index >= 15 is 0 Å². The third-order valence-electron chi connectivity index (χ3n) is 3.61. The maximum absolute atomic E-state index is 12.2. The molecule has 6 nitrogen and oxygen atoms in total. The molecule has 0 aliphatic heterocycles. The first-order valence-corrected chi connectivity index (χ1v) is 6.49. The maximum atomic E-state index is 12.2. The molecule has 1 N–H and O–H groups in total. The SMILES string of the molecule is O=[n+]1c(CCCO)nn([O-])c2cc3c(cc21)CCC3. The van der Waals surface area contributed by atoms with Crippen LogP contribution >= 0.6 is 0 Å². The number of benzene rings is 1. The van der Waals surface area contributed by atoms with Crippen molar-refractivity contribution in [1.82, 2.24) is 9.94 Å². The van der Waals surface area contributed by atoms with E-state index in [-0.39, 0.29) is 12.4 Å². The van der Waals surface area contributed by atoms with Gasteiger partial charge in [-0.25, -0.2) is 0 Å². The van der Waals surface area contributed by atoms with E-state index in [0.29, 0.717) is 28.7 Å². The van der Waals surface area contributed by atoms with Crippen molar-refractivity contribution >= 4 is 11.0 Å². The van der Waals surface area contributed by atoms with Gasteiger partial charge in [0.2, 0.25) is 5.52 Å². The van der Waals surface area contributed by atoms with Crippen molar-refractivity contribution in [1.29, 1.82) is 0 Å². The van der Waals surface area contributed by atoms with E-state index in [1.165, 1.54) is 0 Å². The van der Waals surface area contributed by atoms with Gasteiger partial charge in [0.05, 0.1) is 11.5 Å². The van der Waals surface area contributed by atoms with Gasteiger partial charge in [0, 0.05) is 11.0 Å². The molecule has 0 saturated heterocycles. The van der Waals surface area contributed by atoms with Crippen LogP contribution in [0.15, 0.2) is 12.1 Å². The average Bonchev–Trinajstić information content (AvgIpc) is 2.87. The highest BCUT2D eigenvalue weighted by Gasteiger charge is 2.20. The zero-order chi connectivity index (χ0) is 13.4. The first-order valence-electron chi connectivity index (χ1n) is 6.49. The minimum absolute atomic E-state index is 0.0250. The van der Waals surface area contributed by atoms with Crippen molar-refractivity contribution in [2.45, 2.75) is 32.1 Å². The molecule has 3 rings (SSSR count). The molecule has 100 valence electrons. The molecule has 0 atom stereocenters. The van der Waals surface area contributed by atoms with Crippen LogP contribution in [0.4, 0.5) is 0 Å². The number of rotatable bonds is 3. The molecule has 1 heterocycles. The number of aryl methyl sites for hydroxylation is 3. The average molecular weight is 261 g/mol. The molecule has 1 aliphatic carbocycles. The Kier molecular flexibility index (Phi) is 2.94. The lowest BCUT2D eigenvalue weighted by molar-refractivity contribution is -0.480. The molecular formula is C13H15N3O3. The third kappa shape index (κ3) is 1.98. The quantitative estimate of drug-likeness (QED) is 0.825. The molecule has 6 heteroatoms. The summed E-state index contributed by atoms with van der Waals surface area (Å²) in [7, 11) is 0. The summed E-state index contributed by atoms with van der Waals surface area (Å²) in [6.07, 6.45) is 3.70. The Morgan fingerprint density at radius 3 is 2.84 bits per heavy atom. The van der Waals surface area contributed by atoms with E-state index in [0.717, 1.165) is 34.8 Å². The molecular weight excluding hydrogens is 246 g/mol. The van der Waals surface area contributed by atoms with Gasteiger partial charge in [0.1, 0.15) is 5.52 Å². The van der Waals surface area contributed by atoms with E-state index in [4.69, 9.17) is 5.11 Å². The summed E-state index contributed by atoms with van der Waals surface area (Å²) in [6, 6.07) is 3.59. The zero-order valence-corrected chi connectivity index (χ0v) is 10.5. The van der Waals surface area contributed by atoms with E-state index in [1.54, 1.807) is 6.07 Å². The van der Waals surface area contributed by atoms with E-state index < -0.39 is 0 Å². The maximum Gasteiger partial charge on any atom is 0.367 e. The van der Waals surface area contributed by atoms with Gasteiger partial charge >= 0.3 is 5.82 Å². The monoisotopic (exact) mass is 261 g/mol. The van der Waals surface area contributed by atoms with Gasteiger partial charge in [-0.15, -0.1) is 0 Å². The van der Waals surface area contributed by atoms with Crippen molar-refractivity contribution in [2.24, 2.45) is 0 Å². The number of hydrogen-bond acceptors (Lipinski definition) is 4. The molecule has 0 fully saturated rings. The van der Waals surface area contributed by atoms with E-state index in [9.17, 15) is 10.1 Å². The highest BCUT2D eigenvalue weighted by molar-refractivity contribution is 5.74. The molecule has 0 radical (unpaired) electrons. The van der Waals surface area contributed by atoms with Crippen molar-refractivity contribution in [2.75, 3.05) is 6.61 Å². The number of fused-ring (bicyclic) bond motifs is 2. The molecule has 0 unspecified atom stereocenters. The fourth-order valence-corrected chi connectivity index (χ4v) is 2.64. The van der Waals surface area contributed by atoms with Gasteiger partial charge < -0.3 is 10.3 Å². The molecule has 0 saturated carbocycles. The van der Waals surface area contributed by atoms with Crippen molar-refractivity contribution < 1.29 is 9.53 Å². The summed E-state index contributed by atoms with van der Waals surface area (Å²) in [4.78, 5) is 12.7. The van der Waals surface area contributed by atoms with Gasteiger partial charge in [-0.3, -0.25) is 0 Å².